The maximum atomic E-state index is 3.44. The van der Waals surface area contributed by atoms with E-state index in [1.165, 1.54) is 44.1 Å². The molecular weight excluding hydrogens is 218 g/mol. The highest BCUT2D eigenvalue weighted by Gasteiger charge is 2.55. The molecule has 0 saturated heterocycles. The molecule has 1 aromatic rings. The summed E-state index contributed by atoms with van der Waals surface area (Å²) in [5.74, 6) is 0. The van der Waals surface area contributed by atoms with Gasteiger partial charge in [-0.15, -0.1) is 0 Å². The highest BCUT2D eigenvalue weighted by molar-refractivity contribution is 5.38. The quantitative estimate of drug-likeness (QED) is 0.851. The van der Waals surface area contributed by atoms with Gasteiger partial charge in [-0.2, -0.15) is 0 Å². The van der Waals surface area contributed by atoms with Crippen LogP contribution in [0.2, 0.25) is 0 Å². The van der Waals surface area contributed by atoms with Crippen LogP contribution in [0.4, 0.5) is 0 Å². The summed E-state index contributed by atoms with van der Waals surface area (Å²) < 4.78 is 0. The smallest absolute Gasteiger partial charge is 0.00908 e. The number of benzene rings is 1. The summed E-state index contributed by atoms with van der Waals surface area (Å²) in [6.07, 6.45) is 8.69. The summed E-state index contributed by atoms with van der Waals surface area (Å²) >= 11 is 0. The maximum Gasteiger partial charge on any atom is 0.00908 e. The summed E-state index contributed by atoms with van der Waals surface area (Å²) in [5.41, 5.74) is 4.20. The molecule has 0 heterocycles. The Kier molecular flexibility index (Phi) is 2.97. The molecule has 0 amide bonds. The van der Waals surface area contributed by atoms with Gasteiger partial charge in [0, 0.05) is 12.0 Å². The van der Waals surface area contributed by atoms with Gasteiger partial charge in [-0.25, -0.2) is 0 Å². The van der Waals surface area contributed by atoms with Gasteiger partial charge in [0.15, 0.2) is 0 Å². The van der Waals surface area contributed by atoms with E-state index in [4.69, 9.17) is 0 Å². The van der Waals surface area contributed by atoms with Crippen LogP contribution in [0.1, 0.15) is 49.7 Å². The van der Waals surface area contributed by atoms with E-state index in [9.17, 15) is 0 Å². The molecule has 18 heavy (non-hydrogen) atoms. The Morgan fingerprint density at radius 3 is 2.39 bits per heavy atom. The van der Waals surface area contributed by atoms with E-state index in [1.54, 1.807) is 5.56 Å². The summed E-state index contributed by atoms with van der Waals surface area (Å²) in [6, 6.07) is 9.00. The van der Waals surface area contributed by atoms with Crippen LogP contribution in [0.5, 0.6) is 0 Å². The number of aryl methyl sites for hydroxylation is 1. The molecule has 2 aliphatic rings. The van der Waals surface area contributed by atoms with E-state index in [0.29, 0.717) is 10.8 Å². The van der Waals surface area contributed by atoms with Gasteiger partial charge in [0.25, 0.3) is 0 Å². The lowest BCUT2D eigenvalue weighted by atomic mass is 9.49. The van der Waals surface area contributed by atoms with E-state index >= 15 is 0 Å². The maximum absolute atomic E-state index is 3.44. The first-order chi connectivity index (χ1) is 8.70. The lowest BCUT2D eigenvalue weighted by Crippen LogP contribution is -2.53. The monoisotopic (exact) mass is 243 g/mol. The molecule has 0 unspecified atom stereocenters. The Hall–Kier alpha value is -0.820. The first kappa shape index (κ1) is 12.2. The highest BCUT2D eigenvalue weighted by Crippen LogP contribution is 2.63. The Labute approximate surface area is 111 Å². The van der Waals surface area contributed by atoms with Gasteiger partial charge in [0.05, 0.1) is 0 Å². The second-order valence-electron chi connectivity index (χ2n) is 6.69. The van der Waals surface area contributed by atoms with Crippen molar-refractivity contribution in [1.29, 1.82) is 0 Å². The molecule has 0 aliphatic heterocycles. The molecule has 3 rings (SSSR count). The van der Waals surface area contributed by atoms with Crippen molar-refractivity contribution >= 4 is 0 Å². The van der Waals surface area contributed by atoms with E-state index in [-0.39, 0.29) is 0 Å². The third-order valence-electron chi connectivity index (χ3n) is 5.32. The molecule has 1 nitrogen and oxygen atoms in total. The third-order valence-corrected chi connectivity index (χ3v) is 5.32. The van der Waals surface area contributed by atoms with Crippen molar-refractivity contribution in [2.75, 3.05) is 13.6 Å². The molecular formula is C17H25N. The van der Waals surface area contributed by atoms with Crippen molar-refractivity contribution in [2.24, 2.45) is 5.41 Å². The van der Waals surface area contributed by atoms with Gasteiger partial charge in [-0.3, -0.25) is 0 Å². The topological polar surface area (TPSA) is 12.0 Å². The highest BCUT2D eigenvalue weighted by atomic mass is 14.8. The SMILES string of the molecule is CNCC1(c2ccccc2C)CC2(CCCC2)C1. The number of likely N-dealkylation sites (N-methyl/N-ethyl adjacent to an activating group) is 1. The van der Waals surface area contributed by atoms with Crippen molar-refractivity contribution in [3.63, 3.8) is 0 Å². The minimum Gasteiger partial charge on any atom is -0.319 e. The Balaban J connectivity index is 1.88. The lowest BCUT2D eigenvalue weighted by molar-refractivity contribution is 0.0278. The third kappa shape index (κ3) is 1.80. The van der Waals surface area contributed by atoms with Gasteiger partial charge >= 0.3 is 0 Å². The molecule has 1 spiro atoms. The molecule has 2 aliphatic carbocycles. The number of hydrogen-bond donors (Lipinski definition) is 1. The lowest BCUT2D eigenvalue weighted by Gasteiger charge is -2.56. The van der Waals surface area contributed by atoms with Crippen LogP contribution in [0.25, 0.3) is 0 Å². The average molecular weight is 243 g/mol. The summed E-state index contributed by atoms with van der Waals surface area (Å²) in [7, 11) is 2.10. The minimum atomic E-state index is 0.421. The van der Waals surface area contributed by atoms with Gasteiger partial charge < -0.3 is 5.32 Å². The summed E-state index contributed by atoms with van der Waals surface area (Å²) in [6.45, 7) is 3.41. The molecule has 0 atom stereocenters. The Morgan fingerprint density at radius 1 is 1.11 bits per heavy atom. The van der Waals surface area contributed by atoms with Crippen LogP contribution < -0.4 is 5.32 Å². The Morgan fingerprint density at radius 2 is 1.78 bits per heavy atom. The van der Waals surface area contributed by atoms with E-state index in [0.717, 1.165) is 6.54 Å². The van der Waals surface area contributed by atoms with Gasteiger partial charge in [-0.05, 0) is 56.2 Å². The fraction of sp³-hybridized carbons (Fsp3) is 0.647. The van der Waals surface area contributed by atoms with Crippen LogP contribution >= 0.6 is 0 Å². The average Bonchev–Trinajstić information content (AvgIpc) is 2.78. The summed E-state index contributed by atoms with van der Waals surface area (Å²) in [4.78, 5) is 0. The normalized spacial score (nSPS) is 24.1. The fourth-order valence-electron chi connectivity index (χ4n) is 4.78. The number of rotatable bonds is 3. The number of nitrogens with one attached hydrogen (secondary N) is 1. The molecule has 98 valence electrons. The zero-order valence-corrected chi connectivity index (χ0v) is 11.8. The largest absolute Gasteiger partial charge is 0.319 e. The fourth-order valence-corrected chi connectivity index (χ4v) is 4.78. The molecule has 0 bridgehead atoms. The zero-order valence-electron chi connectivity index (χ0n) is 11.8. The van der Waals surface area contributed by atoms with E-state index < -0.39 is 0 Å². The van der Waals surface area contributed by atoms with Crippen molar-refractivity contribution in [1.82, 2.24) is 5.32 Å². The predicted octanol–water partition coefficient (Wildman–Crippen LogP) is 3.81. The molecule has 1 N–H and O–H groups in total. The zero-order chi connectivity index (χ0) is 12.6. The van der Waals surface area contributed by atoms with E-state index in [1.807, 2.05) is 0 Å². The molecule has 1 heteroatoms. The van der Waals surface area contributed by atoms with Gasteiger partial charge in [0.2, 0.25) is 0 Å². The number of hydrogen-bond acceptors (Lipinski definition) is 1. The predicted molar refractivity (Wildman–Crippen MR) is 76.9 cm³/mol. The van der Waals surface area contributed by atoms with Crippen molar-refractivity contribution in [2.45, 2.75) is 50.9 Å². The van der Waals surface area contributed by atoms with Crippen molar-refractivity contribution < 1.29 is 0 Å². The van der Waals surface area contributed by atoms with Crippen LogP contribution in [0, 0.1) is 12.3 Å². The first-order valence-electron chi connectivity index (χ1n) is 7.41. The van der Waals surface area contributed by atoms with Crippen molar-refractivity contribution in [3.05, 3.63) is 35.4 Å². The van der Waals surface area contributed by atoms with Crippen LogP contribution in [0.15, 0.2) is 24.3 Å². The van der Waals surface area contributed by atoms with Gasteiger partial charge in [-0.1, -0.05) is 37.1 Å². The van der Waals surface area contributed by atoms with Crippen molar-refractivity contribution in [3.8, 4) is 0 Å². The molecule has 1 aromatic carbocycles. The van der Waals surface area contributed by atoms with Crippen LogP contribution in [-0.4, -0.2) is 13.6 Å². The first-order valence-corrected chi connectivity index (χ1v) is 7.41. The van der Waals surface area contributed by atoms with E-state index in [2.05, 4.69) is 43.6 Å². The molecule has 2 fully saturated rings. The molecule has 0 radical (unpaired) electrons. The van der Waals surface area contributed by atoms with Crippen LogP contribution in [-0.2, 0) is 5.41 Å². The molecule has 2 saturated carbocycles. The standard InChI is InChI=1S/C17H25N/c1-14-7-3-4-8-15(14)17(13-18-2)11-16(12-17)9-5-6-10-16/h3-4,7-8,18H,5-6,9-13H2,1-2H3. The Bertz CT molecular complexity index is 421. The van der Waals surface area contributed by atoms with Crippen LogP contribution in [0.3, 0.4) is 0 Å². The molecule has 0 aromatic heterocycles. The second-order valence-corrected chi connectivity index (χ2v) is 6.69. The summed E-state index contributed by atoms with van der Waals surface area (Å²) in [5, 5.41) is 3.44. The second kappa shape index (κ2) is 4.38. The van der Waals surface area contributed by atoms with Gasteiger partial charge in [0.1, 0.15) is 0 Å². The minimum absolute atomic E-state index is 0.421.